The van der Waals surface area contributed by atoms with Gasteiger partial charge in [-0.1, -0.05) is 36.8 Å². The zero-order valence-electron chi connectivity index (χ0n) is 8.99. The van der Waals surface area contributed by atoms with Gasteiger partial charge in [0.25, 0.3) is 0 Å². The van der Waals surface area contributed by atoms with Gasteiger partial charge in [0.15, 0.2) is 0 Å². The first-order valence-electron chi connectivity index (χ1n) is 4.99. The van der Waals surface area contributed by atoms with Crippen LogP contribution in [0.4, 0.5) is 0 Å². The molecule has 0 aliphatic heterocycles. The third-order valence-corrected chi connectivity index (χ3v) is 2.41. The Morgan fingerprint density at radius 2 is 2.00 bits per heavy atom. The van der Waals surface area contributed by atoms with E-state index in [1.54, 1.807) is 0 Å². The van der Waals surface area contributed by atoms with E-state index in [4.69, 9.17) is 0 Å². The molecule has 0 heterocycles. The molecule has 0 bridgehead atoms. The molecule has 2 amide bonds. The molecular formula is C12H15NO2. The van der Waals surface area contributed by atoms with Crippen molar-refractivity contribution < 1.29 is 9.59 Å². The number of hydrogen-bond donors (Lipinski definition) is 1. The highest BCUT2D eigenvalue weighted by Crippen LogP contribution is 2.19. The molecule has 0 aliphatic rings. The fourth-order valence-electron chi connectivity index (χ4n) is 1.53. The van der Waals surface area contributed by atoms with Crippen molar-refractivity contribution in [2.45, 2.75) is 26.2 Å². The van der Waals surface area contributed by atoms with Crippen LogP contribution in [0.2, 0.25) is 0 Å². The number of benzene rings is 1. The Balaban J connectivity index is 2.87. The Morgan fingerprint density at radius 1 is 1.40 bits per heavy atom. The summed E-state index contributed by atoms with van der Waals surface area (Å²) in [7, 11) is 0. The Hall–Kier alpha value is -1.64. The third kappa shape index (κ3) is 2.91. The van der Waals surface area contributed by atoms with Crippen LogP contribution < -0.4 is 5.32 Å². The largest absolute Gasteiger partial charge is 0.299 e. The molecule has 0 fully saturated rings. The molecule has 0 saturated heterocycles. The fraction of sp³-hybridized carbons (Fsp3) is 0.333. The number of carbonyl (C=O) groups excluding carboxylic acids is 2. The molecule has 1 atom stereocenters. The zero-order chi connectivity index (χ0) is 11.3. The van der Waals surface area contributed by atoms with E-state index in [-0.39, 0.29) is 11.8 Å². The van der Waals surface area contributed by atoms with E-state index in [9.17, 15) is 9.59 Å². The van der Waals surface area contributed by atoms with Gasteiger partial charge in [-0.3, -0.25) is 14.9 Å². The number of rotatable bonds is 4. The van der Waals surface area contributed by atoms with Crippen LogP contribution >= 0.6 is 0 Å². The first kappa shape index (κ1) is 11.4. The molecule has 0 aliphatic carbocycles. The Bertz CT molecular complexity index is 343. The number of nitrogens with one attached hydrogen (secondary N) is 1. The minimum absolute atomic E-state index is 0.239. The Kier molecular flexibility index (Phi) is 4.03. The highest BCUT2D eigenvalue weighted by atomic mass is 16.2. The number of hydrogen-bond acceptors (Lipinski definition) is 2. The Morgan fingerprint density at radius 3 is 2.47 bits per heavy atom. The van der Waals surface area contributed by atoms with Gasteiger partial charge < -0.3 is 0 Å². The summed E-state index contributed by atoms with van der Waals surface area (Å²) in [5.74, 6) is -0.479. The summed E-state index contributed by atoms with van der Waals surface area (Å²) in [6.07, 6.45) is 1.11. The van der Waals surface area contributed by atoms with Crippen LogP contribution in [-0.2, 0) is 9.59 Å². The molecule has 1 aromatic rings. The van der Waals surface area contributed by atoms with E-state index in [2.05, 4.69) is 5.32 Å². The first-order chi connectivity index (χ1) is 7.19. The quantitative estimate of drug-likeness (QED) is 0.761. The van der Waals surface area contributed by atoms with Gasteiger partial charge in [-0.2, -0.15) is 0 Å². The fourth-order valence-corrected chi connectivity index (χ4v) is 1.53. The van der Waals surface area contributed by atoms with E-state index in [1.807, 2.05) is 38.1 Å². The SMILES string of the molecule is CCC(C(=O)NC=O)c1ccc(C)cc1. The molecule has 0 spiro atoms. The second-order valence-corrected chi connectivity index (χ2v) is 3.50. The van der Waals surface area contributed by atoms with E-state index < -0.39 is 0 Å². The lowest BCUT2D eigenvalue weighted by atomic mass is 9.95. The molecule has 0 radical (unpaired) electrons. The van der Waals surface area contributed by atoms with Crippen molar-refractivity contribution in [3.63, 3.8) is 0 Å². The standard InChI is InChI=1S/C12H15NO2/c1-3-11(12(15)13-8-14)10-6-4-9(2)5-7-10/h4-8,11H,3H2,1-2H3,(H,13,14,15). The molecule has 1 unspecified atom stereocenters. The van der Waals surface area contributed by atoms with Gasteiger partial charge in [0.2, 0.25) is 12.3 Å². The lowest BCUT2D eigenvalue weighted by Gasteiger charge is -2.12. The minimum Gasteiger partial charge on any atom is -0.299 e. The second-order valence-electron chi connectivity index (χ2n) is 3.50. The van der Waals surface area contributed by atoms with Crippen LogP contribution in [0, 0.1) is 6.92 Å². The van der Waals surface area contributed by atoms with Crippen LogP contribution in [0.3, 0.4) is 0 Å². The third-order valence-electron chi connectivity index (χ3n) is 2.41. The number of imide groups is 1. The van der Waals surface area contributed by atoms with Crippen LogP contribution in [0.5, 0.6) is 0 Å². The molecule has 1 aromatic carbocycles. The number of carbonyl (C=O) groups is 2. The average molecular weight is 205 g/mol. The highest BCUT2D eigenvalue weighted by Gasteiger charge is 2.17. The summed E-state index contributed by atoms with van der Waals surface area (Å²) in [5, 5.41) is 2.19. The van der Waals surface area contributed by atoms with Crippen molar-refractivity contribution >= 4 is 12.3 Å². The average Bonchev–Trinajstić information content (AvgIpc) is 2.22. The van der Waals surface area contributed by atoms with E-state index in [0.29, 0.717) is 12.8 Å². The summed E-state index contributed by atoms with van der Waals surface area (Å²) in [6.45, 7) is 3.92. The summed E-state index contributed by atoms with van der Waals surface area (Å²) in [6, 6.07) is 7.78. The van der Waals surface area contributed by atoms with Gasteiger partial charge in [0.1, 0.15) is 0 Å². The van der Waals surface area contributed by atoms with Gasteiger partial charge in [-0.05, 0) is 18.9 Å². The maximum Gasteiger partial charge on any atom is 0.233 e. The normalized spacial score (nSPS) is 11.9. The van der Waals surface area contributed by atoms with Crippen LogP contribution in [0.1, 0.15) is 30.4 Å². The topological polar surface area (TPSA) is 46.2 Å². The second kappa shape index (κ2) is 5.29. The first-order valence-corrected chi connectivity index (χ1v) is 4.99. The van der Waals surface area contributed by atoms with Crippen molar-refractivity contribution in [2.24, 2.45) is 0 Å². The molecule has 0 aromatic heterocycles. The molecule has 15 heavy (non-hydrogen) atoms. The van der Waals surface area contributed by atoms with Gasteiger partial charge in [0, 0.05) is 0 Å². The van der Waals surface area contributed by atoms with Crippen LogP contribution in [0.15, 0.2) is 24.3 Å². The zero-order valence-corrected chi connectivity index (χ0v) is 8.99. The van der Waals surface area contributed by atoms with Gasteiger partial charge in [0.05, 0.1) is 5.92 Å². The van der Waals surface area contributed by atoms with Crippen LogP contribution in [-0.4, -0.2) is 12.3 Å². The number of amides is 2. The predicted molar refractivity (Wildman–Crippen MR) is 58.4 cm³/mol. The predicted octanol–water partition coefficient (Wildman–Crippen LogP) is 1.76. The van der Waals surface area contributed by atoms with Crippen molar-refractivity contribution in [3.8, 4) is 0 Å². The lowest BCUT2D eigenvalue weighted by Crippen LogP contribution is -2.27. The minimum atomic E-state index is -0.240. The number of aryl methyl sites for hydroxylation is 1. The van der Waals surface area contributed by atoms with E-state index >= 15 is 0 Å². The molecule has 1 rings (SSSR count). The summed E-state index contributed by atoms with van der Waals surface area (Å²) in [5.41, 5.74) is 2.10. The monoisotopic (exact) mass is 205 g/mol. The maximum atomic E-state index is 11.5. The summed E-state index contributed by atoms with van der Waals surface area (Å²) < 4.78 is 0. The van der Waals surface area contributed by atoms with Crippen LogP contribution in [0.25, 0.3) is 0 Å². The van der Waals surface area contributed by atoms with Crippen molar-refractivity contribution in [2.75, 3.05) is 0 Å². The molecular weight excluding hydrogens is 190 g/mol. The maximum absolute atomic E-state index is 11.5. The van der Waals surface area contributed by atoms with E-state index in [0.717, 1.165) is 11.1 Å². The van der Waals surface area contributed by atoms with Gasteiger partial charge >= 0.3 is 0 Å². The smallest absolute Gasteiger partial charge is 0.233 e. The van der Waals surface area contributed by atoms with Gasteiger partial charge in [-0.15, -0.1) is 0 Å². The van der Waals surface area contributed by atoms with Crippen molar-refractivity contribution in [1.29, 1.82) is 0 Å². The van der Waals surface area contributed by atoms with E-state index in [1.165, 1.54) is 0 Å². The molecule has 1 N–H and O–H groups in total. The summed E-state index contributed by atoms with van der Waals surface area (Å²) in [4.78, 5) is 21.7. The lowest BCUT2D eigenvalue weighted by molar-refractivity contribution is -0.126. The molecule has 80 valence electrons. The van der Waals surface area contributed by atoms with Gasteiger partial charge in [-0.25, -0.2) is 0 Å². The molecule has 3 nitrogen and oxygen atoms in total. The Labute approximate surface area is 89.5 Å². The van der Waals surface area contributed by atoms with Crippen molar-refractivity contribution in [3.05, 3.63) is 35.4 Å². The molecule has 3 heteroatoms. The summed E-state index contributed by atoms with van der Waals surface area (Å²) >= 11 is 0. The van der Waals surface area contributed by atoms with Crippen molar-refractivity contribution in [1.82, 2.24) is 5.32 Å². The highest BCUT2D eigenvalue weighted by molar-refractivity contribution is 5.91. The molecule has 0 saturated carbocycles.